The summed E-state index contributed by atoms with van der Waals surface area (Å²) in [6, 6.07) is 90.9. The molecule has 0 unspecified atom stereocenters. The Balaban J connectivity index is 0.802. The van der Waals surface area contributed by atoms with Gasteiger partial charge in [-0.05, 0) is 140 Å². The zero-order chi connectivity index (χ0) is 52.9. The molecule has 0 N–H and O–H groups in total. The number of hydrogen-bond acceptors (Lipinski definition) is 2. The van der Waals surface area contributed by atoms with Crippen molar-refractivity contribution in [1.82, 2.24) is 23.7 Å². The second-order valence-electron chi connectivity index (χ2n) is 21.3. The molecule has 0 saturated heterocycles. The van der Waals surface area contributed by atoms with Crippen LogP contribution in [0.2, 0.25) is 0 Å². The summed E-state index contributed by atoms with van der Waals surface area (Å²) in [5.74, 6) is 0.720. The minimum Gasteiger partial charge on any atom is -0.309 e. The summed E-state index contributed by atoms with van der Waals surface area (Å²) in [4.78, 5) is 10.2. The van der Waals surface area contributed by atoms with Crippen LogP contribution in [-0.4, -0.2) is 23.7 Å². The Hall–Kier alpha value is -10.1. The molecule has 0 aliphatic rings. The van der Waals surface area contributed by atoms with E-state index in [9.17, 15) is 0 Å². The first-order valence-electron chi connectivity index (χ1n) is 27.2. The van der Waals surface area contributed by atoms with Gasteiger partial charge in [-0.15, -0.1) is 0 Å². The molecule has 374 valence electrons. The first kappa shape index (κ1) is 46.2. The Morgan fingerprint density at radius 1 is 0.253 bits per heavy atom. The molecule has 15 aromatic rings. The summed E-state index contributed by atoms with van der Waals surface area (Å²) >= 11 is 0. The Kier molecular flexibility index (Phi) is 10.7. The number of aryl methyl sites for hydroxylation is 4. The van der Waals surface area contributed by atoms with Gasteiger partial charge < -0.3 is 13.7 Å². The quantitative estimate of drug-likeness (QED) is 0.152. The van der Waals surface area contributed by atoms with Crippen LogP contribution < -0.4 is 0 Å². The largest absolute Gasteiger partial charge is 0.309 e. The molecule has 79 heavy (non-hydrogen) atoms. The van der Waals surface area contributed by atoms with E-state index in [0.717, 1.165) is 62.0 Å². The average Bonchev–Trinajstić information content (AvgIpc) is 4.25. The summed E-state index contributed by atoms with van der Waals surface area (Å²) in [6.45, 7) is 8.69. The molecule has 15 rings (SSSR count). The molecule has 0 saturated carbocycles. The zero-order valence-corrected chi connectivity index (χ0v) is 44.4. The van der Waals surface area contributed by atoms with Crippen molar-refractivity contribution in [2.24, 2.45) is 0 Å². The third-order valence-electron chi connectivity index (χ3n) is 16.3. The molecule has 11 aromatic carbocycles. The van der Waals surface area contributed by atoms with E-state index in [1.807, 2.05) is 0 Å². The number of aromatic nitrogens is 5. The summed E-state index contributed by atoms with van der Waals surface area (Å²) in [7, 11) is 0. The average molecular weight is 1010 g/mol. The Morgan fingerprint density at radius 3 is 1.04 bits per heavy atom. The lowest BCUT2D eigenvalue weighted by Crippen LogP contribution is -1.97. The van der Waals surface area contributed by atoms with Gasteiger partial charge in [0, 0.05) is 66.1 Å². The van der Waals surface area contributed by atoms with Crippen LogP contribution in [0.1, 0.15) is 22.3 Å². The SMILES string of the molecule is Cc1ccc(-c2cc(-c3ccc(-c4c(C)cc(-c5ccc(-n6c7ccc(-n8c9ccccc9c9ccccc98)cc7c7cc(-n8c9ccccc9c9ccccc98)ccc76)cc5)cc4C)cc3)nc(-c3ccc(C)cc3)n2)cc1. The minimum atomic E-state index is 0.720. The van der Waals surface area contributed by atoms with Crippen LogP contribution in [0.3, 0.4) is 0 Å². The number of hydrogen-bond donors (Lipinski definition) is 0. The van der Waals surface area contributed by atoms with E-state index in [1.54, 1.807) is 0 Å². The standard InChI is InChI=1S/C74H53N5/c1-46-21-25-51(26-22-46)65-45-66(76-74(75-65)54-27-23-47(2)24-28-54)52-29-31-53(32-30-52)73-48(3)41-55(42-49(73)4)50-33-35-56(36-34-50)77-71-39-37-57(78-67-17-9-5-13-59(67)60-14-6-10-18-68(60)78)43-63(71)64-44-58(38-40-72(64)77)79-69-19-11-7-15-61(69)62-16-8-12-20-70(62)79/h5-45H,1-4H3. The number of para-hydroxylation sites is 4. The van der Waals surface area contributed by atoms with E-state index in [1.165, 1.54) is 98.9 Å². The van der Waals surface area contributed by atoms with Gasteiger partial charge in [-0.25, -0.2) is 9.97 Å². The van der Waals surface area contributed by atoms with Gasteiger partial charge >= 0.3 is 0 Å². The van der Waals surface area contributed by atoms with E-state index in [2.05, 4.69) is 290 Å². The maximum absolute atomic E-state index is 5.13. The molecular formula is C74H53N5. The van der Waals surface area contributed by atoms with Gasteiger partial charge in [0.1, 0.15) is 0 Å². The van der Waals surface area contributed by atoms with Gasteiger partial charge in [0.25, 0.3) is 0 Å². The van der Waals surface area contributed by atoms with Crippen molar-refractivity contribution in [2.75, 3.05) is 0 Å². The molecule has 0 atom stereocenters. The lowest BCUT2D eigenvalue weighted by atomic mass is 9.91. The Morgan fingerprint density at radius 2 is 0.595 bits per heavy atom. The van der Waals surface area contributed by atoms with Gasteiger partial charge in [-0.2, -0.15) is 0 Å². The van der Waals surface area contributed by atoms with Crippen LogP contribution in [0.25, 0.3) is 139 Å². The first-order valence-corrected chi connectivity index (χ1v) is 27.2. The van der Waals surface area contributed by atoms with E-state index >= 15 is 0 Å². The van der Waals surface area contributed by atoms with Crippen molar-refractivity contribution in [3.05, 3.63) is 271 Å². The summed E-state index contributed by atoms with van der Waals surface area (Å²) in [5, 5.41) is 7.42. The van der Waals surface area contributed by atoms with Crippen molar-refractivity contribution < 1.29 is 0 Å². The summed E-state index contributed by atoms with van der Waals surface area (Å²) < 4.78 is 7.29. The molecule has 4 heterocycles. The lowest BCUT2D eigenvalue weighted by Gasteiger charge is -2.15. The predicted molar refractivity (Wildman–Crippen MR) is 331 cm³/mol. The van der Waals surface area contributed by atoms with Crippen LogP contribution in [0, 0.1) is 27.7 Å². The number of fused-ring (bicyclic) bond motifs is 9. The van der Waals surface area contributed by atoms with E-state index in [-0.39, 0.29) is 0 Å². The Bertz CT molecular complexity index is 4530. The fraction of sp³-hybridized carbons (Fsp3) is 0.0541. The predicted octanol–water partition coefficient (Wildman–Crippen LogP) is 19.3. The maximum atomic E-state index is 5.13. The second-order valence-corrected chi connectivity index (χ2v) is 21.3. The van der Waals surface area contributed by atoms with Gasteiger partial charge in [0.15, 0.2) is 5.82 Å². The normalized spacial score (nSPS) is 11.8. The van der Waals surface area contributed by atoms with E-state index < -0.39 is 0 Å². The lowest BCUT2D eigenvalue weighted by molar-refractivity contribution is 1.16. The highest BCUT2D eigenvalue weighted by molar-refractivity contribution is 6.14. The molecule has 0 amide bonds. The minimum absolute atomic E-state index is 0.720. The molecule has 0 aliphatic carbocycles. The fourth-order valence-electron chi connectivity index (χ4n) is 12.5. The molecule has 0 fully saturated rings. The first-order chi connectivity index (χ1) is 38.8. The molecular weight excluding hydrogens is 959 g/mol. The summed E-state index contributed by atoms with van der Waals surface area (Å²) in [6.07, 6.45) is 0. The zero-order valence-electron chi connectivity index (χ0n) is 44.4. The topological polar surface area (TPSA) is 40.6 Å². The fourth-order valence-corrected chi connectivity index (χ4v) is 12.5. The number of rotatable bonds is 8. The van der Waals surface area contributed by atoms with Crippen LogP contribution >= 0.6 is 0 Å². The molecule has 0 aliphatic heterocycles. The van der Waals surface area contributed by atoms with Crippen molar-refractivity contribution >= 4 is 65.4 Å². The van der Waals surface area contributed by atoms with Gasteiger partial charge in [0.2, 0.25) is 0 Å². The monoisotopic (exact) mass is 1010 g/mol. The molecule has 0 radical (unpaired) electrons. The summed E-state index contributed by atoms with van der Waals surface area (Å²) in [5.41, 5.74) is 25.1. The highest BCUT2D eigenvalue weighted by Gasteiger charge is 2.20. The van der Waals surface area contributed by atoms with Crippen LogP contribution in [0.4, 0.5) is 0 Å². The highest BCUT2D eigenvalue weighted by Crippen LogP contribution is 2.41. The molecule has 0 bridgehead atoms. The maximum Gasteiger partial charge on any atom is 0.160 e. The molecule has 4 aromatic heterocycles. The smallest absolute Gasteiger partial charge is 0.160 e. The van der Waals surface area contributed by atoms with E-state index in [0.29, 0.717) is 0 Å². The third-order valence-corrected chi connectivity index (χ3v) is 16.3. The van der Waals surface area contributed by atoms with Crippen molar-refractivity contribution in [1.29, 1.82) is 0 Å². The molecule has 5 heteroatoms. The van der Waals surface area contributed by atoms with Crippen LogP contribution in [0.15, 0.2) is 249 Å². The highest BCUT2D eigenvalue weighted by atomic mass is 15.0. The Labute approximate surface area is 458 Å². The van der Waals surface area contributed by atoms with Crippen LogP contribution in [-0.2, 0) is 0 Å². The number of benzene rings is 11. The van der Waals surface area contributed by atoms with Gasteiger partial charge in [-0.1, -0.05) is 181 Å². The van der Waals surface area contributed by atoms with Crippen molar-refractivity contribution in [2.45, 2.75) is 27.7 Å². The van der Waals surface area contributed by atoms with Gasteiger partial charge in [-0.3, -0.25) is 0 Å². The third kappa shape index (κ3) is 7.68. The number of nitrogens with zero attached hydrogens (tertiary/aromatic N) is 5. The van der Waals surface area contributed by atoms with Crippen LogP contribution in [0.5, 0.6) is 0 Å². The molecule has 5 nitrogen and oxygen atoms in total. The van der Waals surface area contributed by atoms with Gasteiger partial charge in [0.05, 0.1) is 44.5 Å². The second kappa shape index (κ2) is 18.3. The molecule has 0 spiro atoms. The van der Waals surface area contributed by atoms with Crippen molar-refractivity contribution in [3.8, 4) is 73.2 Å². The van der Waals surface area contributed by atoms with Crippen molar-refractivity contribution in [3.63, 3.8) is 0 Å². The van der Waals surface area contributed by atoms with E-state index in [4.69, 9.17) is 9.97 Å².